The number of nitrogens with zero attached hydrogens (tertiary/aromatic N) is 4. The van der Waals surface area contributed by atoms with E-state index in [9.17, 15) is 9.18 Å². The molecular formula is C30H23F2N7O. The van der Waals surface area contributed by atoms with E-state index < -0.39 is 5.82 Å². The zero-order valence-corrected chi connectivity index (χ0v) is 21.2. The van der Waals surface area contributed by atoms with Crippen molar-refractivity contribution in [1.82, 2.24) is 30.1 Å². The van der Waals surface area contributed by atoms with Crippen molar-refractivity contribution in [2.75, 3.05) is 5.32 Å². The van der Waals surface area contributed by atoms with E-state index in [1.807, 2.05) is 6.07 Å². The first-order valence-electron chi connectivity index (χ1n) is 13.1. The third kappa shape index (κ3) is 4.27. The summed E-state index contributed by atoms with van der Waals surface area (Å²) in [4.78, 5) is 29.4. The first kappa shape index (κ1) is 24.1. The fourth-order valence-electron chi connectivity index (χ4n) is 5.39. The van der Waals surface area contributed by atoms with E-state index in [-0.39, 0.29) is 23.2 Å². The lowest BCUT2D eigenvalue weighted by Gasteiger charge is -2.11. The smallest absolute Gasteiger partial charge is 0.227 e. The molecule has 6 aromatic rings. The van der Waals surface area contributed by atoms with E-state index in [0.29, 0.717) is 44.9 Å². The van der Waals surface area contributed by atoms with Gasteiger partial charge in [-0.2, -0.15) is 5.10 Å². The van der Waals surface area contributed by atoms with Gasteiger partial charge in [0.25, 0.3) is 0 Å². The van der Waals surface area contributed by atoms with Crippen LogP contribution in [-0.4, -0.2) is 36.0 Å². The Morgan fingerprint density at radius 1 is 0.925 bits per heavy atom. The molecule has 0 bridgehead atoms. The number of carbonyl (C=O) groups excluding carboxylic acids is 1. The summed E-state index contributed by atoms with van der Waals surface area (Å²) >= 11 is 0. The number of carbonyl (C=O) groups is 1. The molecule has 40 heavy (non-hydrogen) atoms. The summed E-state index contributed by atoms with van der Waals surface area (Å²) in [5, 5.41) is 10.6. The lowest BCUT2D eigenvalue weighted by Crippen LogP contribution is -2.20. The number of H-pyrrole nitrogens is 2. The first-order chi connectivity index (χ1) is 19.5. The quantitative estimate of drug-likeness (QED) is 0.229. The lowest BCUT2D eigenvalue weighted by molar-refractivity contribution is -0.119. The van der Waals surface area contributed by atoms with Gasteiger partial charge in [-0.05, 0) is 66.9 Å². The second-order valence-corrected chi connectivity index (χ2v) is 10.0. The number of nitrogens with one attached hydrogen (secondary N) is 3. The van der Waals surface area contributed by atoms with Gasteiger partial charge in [0.15, 0.2) is 11.6 Å². The maximum atomic E-state index is 15.3. The number of pyridine rings is 2. The Bertz CT molecular complexity index is 1890. The highest BCUT2D eigenvalue weighted by Crippen LogP contribution is 2.34. The number of aromatic amines is 2. The molecular weight excluding hydrogens is 512 g/mol. The van der Waals surface area contributed by atoms with Gasteiger partial charge in [0, 0.05) is 34.8 Å². The molecule has 10 heteroatoms. The van der Waals surface area contributed by atoms with Gasteiger partial charge in [0.05, 0.1) is 23.1 Å². The highest BCUT2D eigenvalue weighted by Gasteiger charge is 2.23. The third-order valence-electron chi connectivity index (χ3n) is 7.43. The molecule has 1 saturated carbocycles. The summed E-state index contributed by atoms with van der Waals surface area (Å²) in [5.74, 6) is -0.360. The van der Waals surface area contributed by atoms with Gasteiger partial charge in [-0.25, -0.2) is 13.8 Å². The van der Waals surface area contributed by atoms with Crippen LogP contribution in [0, 0.1) is 17.6 Å². The molecule has 7 rings (SSSR count). The maximum Gasteiger partial charge on any atom is 0.227 e. The fraction of sp³-hybridized carbons (Fsp3) is 0.167. The molecule has 0 aliphatic heterocycles. The number of anilines is 1. The van der Waals surface area contributed by atoms with Crippen LogP contribution in [0.2, 0.25) is 0 Å². The molecule has 3 N–H and O–H groups in total. The molecule has 4 aromatic heterocycles. The summed E-state index contributed by atoms with van der Waals surface area (Å²) in [6, 6.07) is 12.9. The highest BCUT2D eigenvalue weighted by molar-refractivity contribution is 5.98. The summed E-state index contributed by atoms with van der Waals surface area (Å²) < 4.78 is 28.7. The van der Waals surface area contributed by atoms with Crippen LogP contribution in [0.15, 0.2) is 67.1 Å². The highest BCUT2D eigenvalue weighted by atomic mass is 19.1. The molecule has 1 aliphatic carbocycles. The number of amides is 1. The SMILES string of the molecule is O=C(Nc1cncc(-c2cc(F)c3n[nH]c(-c4nc5c(-c6ccc(F)cc6)nccc5[nH]4)c3c2)c1)C1CCCC1. The fourth-order valence-corrected chi connectivity index (χ4v) is 5.39. The number of hydrogen-bond acceptors (Lipinski definition) is 5. The molecule has 1 aliphatic rings. The zero-order chi connectivity index (χ0) is 27.2. The topological polar surface area (TPSA) is 112 Å². The number of aromatic nitrogens is 6. The summed E-state index contributed by atoms with van der Waals surface area (Å²) in [6.07, 6.45) is 8.80. The Morgan fingerprint density at radius 3 is 2.58 bits per heavy atom. The normalized spacial score (nSPS) is 13.8. The average Bonchev–Trinajstić information content (AvgIpc) is 3.73. The standard InChI is InChI=1S/C30H23F2N7O/c31-20-7-5-16(6-8-20)25-28-24(9-10-34-25)36-29(37-28)27-22-12-18(13-23(32)26(22)38-39-27)19-11-21(15-33-14-19)35-30(40)17-3-1-2-4-17/h5-15,17H,1-4H2,(H,35,40)(H,36,37)(H,38,39). The van der Waals surface area contributed by atoms with Gasteiger partial charge in [0.2, 0.25) is 5.91 Å². The Balaban J connectivity index is 1.27. The minimum atomic E-state index is -0.500. The molecule has 0 atom stereocenters. The Morgan fingerprint density at radius 2 is 1.75 bits per heavy atom. The first-order valence-corrected chi connectivity index (χ1v) is 13.1. The predicted octanol–water partition coefficient (Wildman–Crippen LogP) is 6.64. The number of rotatable bonds is 5. The maximum absolute atomic E-state index is 15.3. The van der Waals surface area contributed by atoms with E-state index >= 15 is 4.39 Å². The number of halogens is 2. The number of fused-ring (bicyclic) bond motifs is 2. The van der Waals surface area contributed by atoms with Crippen LogP contribution in [0.4, 0.5) is 14.5 Å². The van der Waals surface area contributed by atoms with Gasteiger partial charge in [-0.15, -0.1) is 0 Å². The van der Waals surface area contributed by atoms with Gasteiger partial charge >= 0.3 is 0 Å². The Hall–Kier alpha value is -4.99. The second kappa shape index (κ2) is 9.64. The Kier molecular flexibility index (Phi) is 5.80. The van der Waals surface area contributed by atoms with Gasteiger partial charge in [-0.3, -0.25) is 19.9 Å². The molecule has 0 saturated heterocycles. The minimum absolute atomic E-state index is 0.00501. The summed E-state index contributed by atoms with van der Waals surface area (Å²) in [6.45, 7) is 0. The number of hydrogen-bond donors (Lipinski definition) is 3. The molecule has 198 valence electrons. The molecule has 4 heterocycles. The third-order valence-corrected chi connectivity index (χ3v) is 7.43. The molecule has 8 nitrogen and oxygen atoms in total. The van der Waals surface area contributed by atoms with Crippen molar-refractivity contribution in [1.29, 1.82) is 0 Å². The van der Waals surface area contributed by atoms with Crippen LogP contribution in [0.25, 0.3) is 55.8 Å². The number of benzene rings is 2. The summed E-state index contributed by atoms with van der Waals surface area (Å²) in [7, 11) is 0. The molecule has 1 amide bonds. The van der Waals surface area contributed by atoms with E-state index in [1.165, 1.54) is 18.2 Å². The van der Waals surface area contributed by atoms with Crippen molar-refractivity contribution < 1.29 is 13.6 Å². The van der Waals surface area contributed by atoms with Crippen molar-refractivity contribution in [3.05, 3.63) is 78.8 Å². The van der Waals surface area contributed by atoms with Crippen LogP contribution in [-0.2, 0) is 4.79 Å². The largest absolute Gasteiger partial charge is 0.337 e. The zero-order valence-electron chi connectivity index (χ0n) is 21.2. The van der Waals surface area contributed by atoms with Gasteiger partial charge in [0.1, 0.15) is 22.5 Å². The van der Waals surface area contributed by atoms with Crippen LogP contribution >= 0.6 is 0 Å². The van der Waals surface area contributed by atoms with E-state index in [4.69, 9.17) is 4.98 Å². The predicted molar refractivity (Wildman–Crippen MR) is 148 cm³/mol. The monoisotopic (exact) mass is 535 g/mol. The van der Waals surface area contributed by atoms with Crippen LogP contribution in [0.1, 0.15) is 25.7 Å². The Labute approximate surface area is 226 Å². The van der Waals surface area contributed by atoms with Crippen molar-refractivity contribution in [2.24, 2.45) is 5.92 Å². The van der Waals surface area contributed by atoms with Gasteiger partial charge < -0.3 is 10.3 Å². The molecule has 2 aromatic carbocycles. The molecule has 0 spiro atoms. The molecule has 0 unspecified atom stereocenters. The van der Waals surface area contributed by atoms with E-state index in [0.717, 1.165) is 36.8 Å². The van der Waals surface area contributed by atoms with Crippen molar-refractivity contribution in [3.63, 3.8) is 0 Å². The van der Waals surface area contributed by atoms with Crippen LogP contribution in [0.3, 0.4) is 0 Å². The lowest BCUT2D eigenvalue weighted by atomic mass is 10.0. The average molecular weight is 536 g/mol. The van der Waals surface area contributed by atoms with E-state index in [2.05, 4.69) is 30.5 Å². The van der Waals surface area contributed by atoms with Crippen LogP contribution < -0.4 is 5.32 Å². The summed E-state index contributed by atoms with van der Waals surface area (Å²) in [5.41, 5.74) is 5.13. The molecule has 1 fully saturated rings. The van der Waals surface area contributed by atoms with Gasteiger partial charge in [-0.1, -0.05) is 12.8 Å². The van der Waals surface area contributed by atoms with Crippen LogP contribution in [0.5, 0.6) is 0 Å². The van der Waals surface area contributed by atoms with Crippen molar-refractivity contribution in [2.45, 2.75) is 25.7 Å². The second-order valence-electron chi connectivity index (χ2n) is 10.0. The van der Waals surface area contributed by atoms with Crippen molar-refractivity contribution in [3.8, 4) is 33.9 Å². The molecule has 0 radical (unpaired) electrons. The van der Waals surface area contributed by atoms with Crippen molar-refractivity contribution >= 4 is 33.5 Å². The number of imidazole rings is 1. The minimum Gasteiger partial charge on any atom is -0.337 e. The van der Waals surface area contributed by atoms with E-state index in [1.54, 1.807) is 42.9 Å².